The van der Waals surface area contributed by atoms with E-state index in [0.29, 0.717) is 16.8 Å². The molecule has 168 valence electrons. The van der Waals surface area contributed by atoms with Gasteiger partial charge in [0.25, 0.3) is 17.2 Å². The Balaban J connectivity index is 1.46. The standard InChI is InChI=1S/C22H19N5O4S2/c1-13-12-15(5-7-17(13)27(30)31)21(29)23-9-10-26-19(28)8-6-16(25-26)20-14(2)24-22(33-20)18-4-3-11-32-18/h3-8,11-12H,9-10H2,1-2H3,(H,23,29). The Bertz CT molecular complexity index is 1390. The molecule has 4 aromatic rings. The van der Waals surface area contributed by atoms with Crippen LogP contribution in [0.5, 0.6) is 0 Å². The Morgan fingerprint density at radius 1 is 1.21 bits per heavy atom. The molecule has 0 aliphatic carbocycles. The van der Waals surface area contributed by atoms with E-state index >= 15 is 0 Å². The third-order valence-corrected chi connectivity index (χ3v) is 7.11. The lowest BCUT2D eigenvalue weighted by atomic mass is 10.1. The van der Waals surface area contributed by atoms with Gasteiger partial charge in [0.2, 0.25) is 0 Å². The Hall–Kier alpha value is -3.70. The zero-order valence-corrected chi connectivity index (χ0v) is 19.4. The molecule has 9 nitrogen and oxygen atoms in total. The number of hydrogen-bond acceptors (Lipinski definition) is 8. The Kier molecular flexibility index (Phi) is 6.43. The molecule has 11 heteroatoms. The number of aryl methyl sites for hydroxylation is 2. The molecular weight excluding hydrogens is 462 g/mol. The maximum atomic E-state index is 12.4. The molecule has 1 amide bonds. The van der Waals surface area contributed by atoms with Crippen LogP contribution < -0.4 is 10.9 Å². The van der Waals surface area contributed by atoms with Crippen LogP contribution in [0.3, 0.4) is 0 Å². The van der Waals surface area contributed by atoms with Crippen LogP contribution in [0.2, 0.25) is 0 Å². The lowest BCUT2D eigenvalue weighted by molar-refractivity contribution is -0.385. The molecule has 1 aromatic carbocycles. The van der Waals surface area contributed by atoms with Crippen molar-refractivity contribution in [3.05, 3.63) is 85.1 Å². The van der Waals surface area contributed by atoms with Crippen molar-refractivity contribution in [3.8, 4) is 20.5 Å². The minimum absolute atomic E-state index is 0.0419. The topological polar surface area (TPSA) is 120 Å². The molecule has 0 atom stereocenters. The number of hydrogen-bond donors (Lipinski definition) is 1. The van der Waals surface area contributed by atoms with E-state index in [2.05, 4.69) is 15.4 Å². The highest BCUT2D eigenvalue weighted by atomic mass is 32.1. The number of nitro groups is 1. The predicted molar refractivity (Wildman–Crippen MR) is 128 cm³/mol. The zero-order valence-electron chi connectivity index (χ0n) is 17.8. The molecule has 1 N–H and O–H groups in total. The van der Waals surface area contributed by atoms with Crippen LogP contribution in [0, 0.1) is 24.0 Å². The molecule has 3 aromatic heterocycles. The number of carbonyl (C=O) groups is 1. The maximum absolute atomic E-state index is 12.4. The SMILES string of the molecule is Cc1cc(C(=O)NCCn2nc(-c3sc(-c4cccs4)nc3C)ccc2=O)ccc1[N+](=O)[O-]. The average Bonchev–Trinajstić information content (AvgIpc) is 3.44. The van der Waals surface area contributed by atoms with Crippen LogP contribution in [-0.2, 0) is 6.54 Å². The van der Waals surface area contributed by atoms with Crippen molar-refractivity contribution in [2.75, 3.05) is 6.54 Å². The van der Waals surface area contributed by atoms with E-state index in [1.807, 2.05) is 24.4 Å². The number of aromatic nitrogens is 3. The van der Waals surface area contributed by atoms with E-state index in [4.69, 9.17) is 0 Å². The number of nitrogens with zero attached hydrogens (tertiary/aromatic N) is 4. The lowest BCUT2D eigenvalue weighted by Crippen LogP contribution is -2.32. The van der Waals surface area contributed by atoms with Crippen molar-refractivity contribution in [3.63, 3.8) is 0 Å². The number of carbonyl (C=O) groups excluding carboxylic acids is 1. The van der Waals surface area contributed by atoms with Crippen LogP contribution in [-0.4, -0.2) is 32.1 Å². The lowest BCUT2D eigenvalue weighted by Gasteiger charge is -2.09. The largest absolute Gasteiger partial charge is 0.350 e. The molecule has 0 aliphatic heterocycles. The van der Waals surface area contributed by atoms with Gasteiger partial charge in [0.1, 0.15) is 10.7 Å². The summed E-state index contributed by atoms with van der Waals surface area (Å²) in [6.45, 7) is 3.84. The minimum atomic E-state index is -0.490. The molecule has 0 fully saturated rings. The highest BCUT2D eigenvalue weighted by molar-refractivity contribution is 7.23. The summed E-state index contributed by atoms with van der Waals surface area (Å²) >= 11 is 3.13. The molecule has 0 radical (unpaired) electrons. The molecule has 3 heterocycles. The van der Waals surface area contributed by atoms with Gasteiger partial charge >= 0.3 is 0 Å². The Labute approximate surface area is 196 Å². The van der Waals surface area contributed by atoms with E-state index in [1.165, 1.54) is 40.3 Å². The van der Waals surface area contributed by atoms with E-state index in [1.54, 1.807) is 24.3 Å². The van der Waals surface area contributed by atoms with Gasteiger partial charge in [-0.05, 0) is 43.5 Å². The van der Waals surface area contributed by atoms with Gasteiger partial charge in [-0.1, -0.05) is 6.07 Å². The first-order valence-electron chi connectivity index (χ1n) is 9.96. The number of nitro benzene ring substituents is 1. The van der Waals surface area contributed by atoms with Gasteiger partial charge in [-0.15, -0.1) is 22.7 Å². The summed E-state index contributed by atoms with van der Waals surface area (Å²) in [4.78, 5) is 41.7. The molecule has 4 rings (SSSR count). The van der Waals surface area contributed by atoms with Gasteiger partial charge in [0, 0.05) is 29.8 Å². The summed E-state index contributed by atoms with van der Waals surface area (Å²) < 4.78 is 1.31. The van der Waals surface area contributed by atoms with Crippen LogP contribution >= 0.6 is 22.7 Å². The third-order valence-electron chi connectivity index (χ3n) is 4.89. The summed E-state index contributed by atoms with van der Waals surface area (Å²) in [5, 5.41) is 21.0. The molecule has 0 aliphatic rings. The summed E-state index contributed by atoms with van der Waals surface area (Å²) in [5.41, 5.74) is 1.88. The van der Waals surface area contributed by atoms with Crippen LogP contribution in [0.4, 0.5) is 5.69 Å². The second kappa shape index (κ2) is 9.43. The second-order valence-electron chi connectivity index (χ2n) is 7.21. The van der Waals surface area contributed by atoms with Crippen molar-refractivity contribution in [2.24, 2.45) is 0 Å². The smallest absolute Gasteiger partial charge is 0.272 e. The number of thiazole rings is 1. The van der Waals surface area contributed by atoms with E-state index < -0.39 is 4.92 Å². The fourth-order valence-electron chi connectivity index (χ4n) is 3.25. The second-order valence-corrected chi connectivity index (χ2v) is 9.15. The molecule has 0 unspecified atom stereocenters. The number of nitrogens with one attached hydrogen (secondary N) is 1. The summed E-state index contributed by atoms with van der Waals surface area (Å²) in [5.74, 6) is -0.379. The van der Waals surface area contributed by atoms with Crippen molar-refractivity contribution in [2.45, 2.75) is 20.4 Å². The number of benzene rings is 1. The number of amides is 1. The van der Waals surface area contributed by atoms with Gasteiger partial charge in [0.05, 0.1) is 26.9 Å². The maximum Gasteiger partial charge on any atom is 0.272 e. The van der Waals surface area contributed by atoms with E-state index in [0.717, 1.165) is 20.5 Å². The fourth-order valence-corrected chi connectivity index (χ4v) is 5.08. The van der Waals surface area contributed by atoms with Crippen molar-refractivity contribution in [1.82, 2.24) is 20.1 Å². The van der Waals surface area contributed by atoms with Crippen molar-refractivity contribution >= 4 is 34.3 Å². The van der Waals surface area contributed by atoms with Crippen molar-refractivity contribution < 1.29 is 9.72 Å². The normalized spacial score (nSPS) is 10.8. The number of rotatable bonds is 7. The Morgan fingerprint density at radius 3 is 2.73 bits per heavy atom. The molecular formula is C22H19N5O4S2. The zero-order chi connectivity index (χ0) is 23.5. The predicted octanol–water partition coefficient (Wildman–Crippen LogP) is 4.05. The van der Waals surface area contributed by atoms with Crippen molar-refractivity contribution in [1.29, 1.82) is 0 Å². The minimum Gasteiger partial charge on any atom is -0.350 e. The highest BCUT2D eigenvalue weighted by Gasteiger charge is 2.15. The van der Waals surface area contributed by atoms with Crippen LogP contribution in [0.1, 0.15) is 21.6 Å². The molecule has 0 saturated heterocycles. The van der Waals surface area contributed by atoms with Gasteiger partial charge in [-0.3, -0.25) is 19.7 Å². The first-order valence-corrected chi connectivity index (χ1v) is 11.7. The summed E-state index contributed by atoms with van der Waals surface area (Å²) in [6, 6.07) is 11.3. The Morgan fingerprint density at radius 2 is 2.03 bits per heavy atom. The van der Waals surface area contributed by atoms with Gasteiger partial charge in [-0.2, -0.15) is 5.10 Å². The van der Waals surface area contributed by atoms with Gasteiger partial charge in [-0.25, -0.2) is 9.67 Å². The van der Waals surface area contributed by atoms with Crippen LogP contribution in [0.25, 0.3) is 20.5 Å². The summed E-state index contributed by atoms with van der Waals surface area (Å²) in [7, 11) is 0. The number of thiophene rings is 1. The average molecular weight is 482 g/mol. The summed E-state index contributed by atoms with van der Waals surface area (Å²) in [6.07, 6.45) is 0. The van der Waals surface area contributed by atoms with Gasteiger partial charge in [0.15, 0.2) is 0 Å². The van der Waals surface area contributed by atoms with E-state index in [-0.39, 0.29) is 30.2 Å². The molecule has 0 spiro atoms. The first-order chi connectivity index (χ1) is 15.8. The van der Waals surface area contributed by atoms with Gasteiger partial charge < -0.3 is 5.32 Å². The third kappa shape index (κ3) is 4.89. The quantitative estimate of drug-likeness (QED) is 0.314. The molecule has 33 heavy (non-hydrogen) atoms. The van der Waals surface area contributed by atoms with E-state index in [9.17, 15) is 19.7 Å². The van der Waals surface area contributed by atoms with Crippen LogP contribution in [0.15, 0.2) is 52.6 Å². The fraction of sp³-hybridized carbons (Fsp3) is 0.182. The first kappa shape index (κ1) is 22.5. The highest BCUT2D eigenvalue weighted by Crippen LogP contribution is 2.35. The molecule has 0 bridgehead atoms. The molecule has 0 saturated carbocycles. The monoisotopic (exact) mass is 481 g/mol.